The summed E-state index contributed by atoms with van der Waals surface area (Å²) in [6, 6.07) is 0.389. The summed E-state index contributed by atoms with van der Waals surface area (Å²) in [4.78, 5) is 0. The number of hydrogen-bond acceptors (Lipinski definition) is 2. The van der Waals surface area contributed by atoms with Gasteiger partial charge in [0.25, 0.3) is 0 Å². The second-order valence-electron chi connectivity index (χ2n) is 3.45. The lowest BCUT2D eigenvalue weighted by atomic mass is 9.96. The lowest BCUT2D eigenvalue weighted by Gasteiger charge is -2.17. The van der Waals surface area contributed by atoms with Gasteiger partial charge in [0.15, 0.2) is 0 Å². The van der Waals surface area contributed by atoms with Gasteiger partial charge in [-0.1, -0.05) is 13.0 Å². The van der Waals surface area contributed by atoms with E-state index in [2.05, 4.69) is 13.0 Å². The predicted octanol–water partition coefficient (Wildman–Crippen LogP) is 1.85. The first-order valence-electron chi connectivity index (χ1n) is 4.84. The summed E-state index contributed by atoms with van der Waals surface area (Å²) in [7, 11) is 0. The Balaban J connectivity index is 2.15. The van der Waals surface area contributed by atoms with E-state index in [1.54, 1.807) is 0 Å². The van der Waals surface area contributed by atoms with Gasteiger partial charge in [0.05, 0.1) is 6.61 Å². The van der Waals surface area contributed by atoms with E-state index in [1.165, 1.54) is 5.57 Å². The van der Waals surface area contributed by atoms with Crippen molar-refractivity contribution < 1.29 is 4.74 Å². The van der Waals surface area contributed by atoms with Gasteiger partial charge in [-0.2, -0.15) is 0 Å². The molecule has 12 heavy (non-hydrogen) atoms. The minimum Gasteiger partial charge on any atom is -0.377 e. The normalized spacial score (nSPS) is 23.8. The van der Waals surface area contributed by atoms with Gasteiger partial charge < -0.3 is 10.5 Å². The molecule has 0 radical (unpaired) electrons. The maximum Gasteiger partial charge on any atom is 0.0676 e. The standard InChI is InChI=1S/C10H19NO/c1-2-7-12-8-9-3-5-10(11)6-4-9/h3,10H,2,4-8,11H2,1H3. The Morgan fingerprint density at radius 3 is 3.08 bits per heavy atom. The van der Waals surface area contributed by atoms with E-state index in [9.17, 15) is 0 Å². The first-order valence-corrected chi connectivity index (χ1v) is 4.84. The van der Waals surface area contributed by atoms with Crippen molar-refractivity contribution in [1.82, 2.24) is 0 Å². The van der Waals surface area contributed by atoms with Crippen molar-refractivity contribution in [2.75, 3.05) is 13.2 Å². The van der Waals surface area contributed by atoms with Crippen LogP contribution in [0.3, 0.4) is 0 Å². The second-order valence-corrected chi connectivity index (χ2v) is 3.45. The molecule has 1 aliphatic carbocycles. The molecule has 1 atom stereocenters. The number of rotatable bonds is 4. The van der Waals surface area contributed by atoms with Crippen molar-refractivity contribution >= 4 is 0 Å². The Bertz CT molecular complexity index is 154. The molecule has 2 N–H and O–H groups in total. The van der Waals surface area contributed by atoms with Crippen molar-refractivity contribution in [3.63, 3.8) is 0 Å². The molecule has 1 unspecified atom stereocenters. The minimum absolute atomic E-state index is 0.389. The van der Waals surface area contributed by atoms with Crippen LogP contribution in [-0.2, 0) is 4.74 Å². The molecule has 1 aliphatic rings. The Morgan fingerprint density at radius 1 is 1.67 bits per heavy atom. The van der Waals surface area contributed by atoms with Crippen LogP contribution in [0.1, 0.15) is 32.6 Å². The summed E-state index contributed by atoms with van der Waals surface area (Å²) in [5.74, 6) is 0. The third-order valence-electron chi connectivity index (χ3n) is 2.18. The first kappa shape index (κ1) is 9.75. The monoisotopic (exact) mass is 169 g/mol. The molecule has 0 spiro atoms. The van der Waals surface area contributed by atoms with Crippen LogP contribution in [-0.4, -0.2) is 19.3 Å². The third kappa shape index (κ3) is 3.37. The minimum atomic E-state index is 0.389. The van der Waals surface area contributed by atoms with Crippen molar-refractivity contribution in [3.8, 4) is 0 Å². The van der Waals surface area contributed by atoms with Gasteiger partial charge in [0, 0.05) is 12.6 Å². The van der Waals surface area contributed by atoms with Gasteiger partial charge in [0.1, 0.15) is 0 Å². The fourth-order valence-electron chi connectivity index (χ4n) is 1.39. The topological polar surface area (TPSA) is 35.2 Å². The van der Waals surface area contributed by atoms with E-state index in [4.69, 9.17) is 10.5 Å². The van der Waals surface area contributed by atoms with Gasteiger partial charge >= 0.3 is 0 Å². The summed E-state index contributed by atoms with van der Waals surface area (Å²) in [5.41, 5.74) is 7.20. The zero-order chi connectivity index (χ0) is 8.81. The Hall–Kier alpha value is -0.340. The quantitative estimate of drug-likeness (QED) is 0.515. The van der Waals surface area contributed by atoms with E-state index in [1.807, 2.05) is 0 Å². The highest BCUT2D eigenvalue weighted by Crippen LogP contribution is 2.16. The molecule has 0 heterocycles. The molecule has 0 saturated carbocycles. The van der Waals surface area contributed by atoms with Crippen molar-refractivity contribution in [2.45, 2.75) is 38.6 Å². The molecule has 1 rings (SSSR count). The van der Waals surface area contributed by atoms with Crippen LogP contribution >= 0.6 is 0 Å². The average molecular weight is 169 g/mol. The van der Waals surface area contributed by atoms with E-state index in [0.717, 1.165) is 38.9 Å². The predicted molar refractivity (Wildman–Crippen MR) is 51.0 cm³/mol. The lowest BCUT2D eigenvalue weighted by molar-refractivity contribution is 0.153. The SMILES string of the molecule is CCCOCC1=CCC(N)CC1. The highest BCUT2D eigenvalue weighted by atomic mass is 16.5. The highest BCUT2D eigenvalue weighted by Gasteiger charge is 2.09. The number of nitrogens with two attached hydrogens (primary N) is 1. The van der Waals surface area contributed by atoms with Crippen LogP contribution in [0.5, 0.6) is 0 Å². The van der Waals surface area contributed by atoms with Gasteiger partial charge in [-0.25, -0.2) is 0 Å². The second kappa shape index (κ2) is 5.33. The summed E-state index contributed by atoms with van der Waals surface area (Å²) < 4.78 is 5.45. The Kier molecular flexibility index (Phi) is 4.33. The summed E-state index contributed by atoms with van der Waals surface area (Å²) in [6.45, 7) is 3.83. The van der Waals surface area contributed by atoms with Crippen molar-refractivity contribution in [2.24, 2.45) is 5.73 Å². The van der Waals surface area contributed by atoms with Crippen molar-refractivity contribution in [3.05, 3.63) is 11.6 Å². The zero-order valence-corrected chi connectivity index (χ0v) is 7.88. The van der Waals surface area contributed by atoms with Crippen LogP contribution in [0.15, 0.2) is 11.6 Å². The Morgan fingerprint density at radius 2 is 2.50 bits per heavy atom. The maximum atomic E-state index is 5.77. The summed E-state index contributed by atoms with van der Waals surface area (Å²) in [5, 5.41) is 0. The molecular weight excluding hydrogens is 150 g/mol. The molecule has 0 bridgehead atoms. The smallest absolute Gasteiger partial charge is 0.0676 e. The molecular formula is C10H19NO. The van der Waals surface area contributed by atoms with E-state index in [0.29, 0.717) is 6.04 Å². The highest BCUT2D eigenvalue weighted by molar-refractivity contribution is 5.07. The number of hydrogen-bond donors (Lipinski definition) is 1. The number of ether oxygens (including phenoxy) is 1. The lowest BCUT2D eigenvalue weighted by Crippen LogP contribution is -2.22. The fraction of sp³-hybridized carbons (Fsp3) is 0.800. The maximum absolute atomic E-state index is 5.77. The molecule has 0 aromatic rings. The largest absolute Gasteiger partial charge is 0.377 e. The molecule has 2 heteroatoms. The first-order chi connectivity index (χ1) is 5.83. The molecule has 0 saturated heterocycles. The van der Waals surface area contributed by atoms with Gasteiger partial charge in [-0.05, 0) is 31.3 Å². The van der Waals surface area contributed by atoms with Gasteiger partial charge in [0.2, 0.25) is 0 Å². The fourth-order valence-corrected chi connectivity index (χ4v) is 1.39. The summed E-state index contributed by atoms with van der Waals surface area (Å²) >= 11 is 0. The van der Waals surface area contributed by atoms with Gasteiger partial charge in [-0.3, -0.25) is 0 Å². The molecule has 2 nitrogen and oxygen atoms in total. The zero-order valence-electron chi connectivity index (χ0n) is 7.88. The van der Waals surface area contributed by atoms with Crippen LogP contribution in [0, 0.1) is 0 Å². The molecule has 70 valence electrons. The van der Waals surface area contributed by atoms with Crippen LogP contribution in [0.25, 0.3) is 0 Å². The molecule has 0 amide bonds. The van der Waals surface area contributed by atoms with Crippen LogP contribution in [0.4, 0.5) is 0 Å². The van der Waals surface area contributed by atoms with Crippen molar-refractivity contribution in [1.29, 1.82) is 0 Å². The molecule has 0 aliphatic heterocycles. The Labute approximate surface area is 74.8 Å². The van der Waals surface area contributed by atoms with E-state index < -0.39 is 0 Å². The molecule has 0 fully saturated rings. The van der Waals surface area contributed by atoms with Crippen LogP contribution in [0.2, 0.25) is 0 Å². The van der Waals surface area contributed by atoms with E-state index >= 15 is 0 Å². The average Bonchev–Trinajstić information content (AvgIpc) is 2.09. The van der Waals surface area contributed by atoms with Crippen LogP contribution < -0.4 is 5.73 Å². The molecule has 0 aromatic heterocycles. The van der Waals surface area contributed by atoms with Gasteiger partial charge in [-0.15, -0.1) is 0 Å². The molecule has 0 aromatic carbocycles. The van der Waals surface area contributed by atoms with E-state index in [-0.39, 0.29) is 0 Å². The third-order valence-corrected chi connectivity index (χ3v) is 2.18. The summed E-state index contributed by atoms with van der Waals surface area (Å²) in [6.07, 6.45) is 6.63.